The van der Waals surface area contributed by atoms with Gasteiger partial charge in [0.15, 0.2) is 0 Å². The van der Waals surface area contributed by atoms with Gasteiger partial charge in [-0.3, -0.25) is 14.4 Å². The van der Waals surface area contributed by atoms with Crippen molar-refractivity contribution < 1.29 is 38.6 Å². The van der Waals surface area contributed by atoms with E-state index in [1.807, 2.05) is 209 Å². The van der Waals surface area contributed by atoms with Crippen LogP contribution in [0.3, 0.4) is 0 Å². The smallest absolute Gasteiger partial charge is 0.407 e. The SMILES string of the molecule is CC(C)(C)Oc1ccc(C[C@H](NC(=O)[C@H](CSC(c2ccccc2)(c2ccccc2)c2ccccc2)NC(=O)[C@H](Cc2ccccc2)NC(=O)[C@H](Cc2ccccc2)NC(=O)OCC2c3ccccc3-c3ccccc32)C(=O)O)cc1. The molecular weight excluding hydrogens is 1030 g/mol. The molecule has 4 atom stereocenters. The Labute approximate surface area is 477 Å². The molecule has 1 aliphatic rings. The third-order valence-electron chi connectivity index (χ3n) is 14.2. The van der Waals surface area contributed by atoms with Gasteiger partial charge in [-0.05, 0) is 88.5 Å². The molecular formula is C68H66N4O8S. The van der Waals surface area contributed by atoms with Crippen molar-refractivity contribution in [3.63, 3.8) is 0 Å². The summed E-state index contributed by atoms with van der Waals surface area (Å²) in [4.78, 5) is 72.3. The van der Waals surface area contributed by atoms with Crippen LogP contribution in [0, 0.1) is 0 Å². The van der Waals surface area contributed by atoms with Crippen LogP contribution in [-0.4, -0.2) is 77.0 Å². The number of carbonyl (C=O) groups excluding carboxylic acids is 4. The number of amides is 4. The summed E-state index contributed by atoms with van der Waals surface area (Å²) in [6, 6.07) is 65.8. The molecule has 0 fully saturated rings. The van der Waals surface area contributed by atoms with E-state index in [0.29, 0.717) is 16.9 Å². The van der Waals surface area contributed by atoms with Crippen molar-refractivity contribution in [1.29, 1.82) is 0 Å². The van der Waals surface area contributed by atoms with Crippen LogP contribution in [0.2, 0.25) is 0 Å². The molecule has 0 bridgehead atoms. The maximum Gasteiger partial charge on any atom is 0.407 e. The minimum Gasteiger partial charge on any atom is -0.488 e. The number of hydrogen-bond acceptors (Lipinski definition) is 8. The van der Waals surface area contributed by atoms with Gasteiger partial charge in [0.25, 0.3) is 0 Å². The molecule has 8 aromatic rings. The van der Waals surface area contributed by atoms with Crippen LogP contribution in [0.25, 0.3) is 11.1 Å². The number of thioether (sulfide) groups is 1. The van der Waals surface area contributed by atoms with E-state index in [1.54, 1.807) is 24.3 Å². The summed E-state index contributed by atoms with van der Waals surface area (Å²) in [6.45, 7) is 5.81. The first-order chi connectivity index (χ1) is 39.2. The molecule has 0 aromatic heterocycles. The van der Waals surface area contributed by atoms with Crippen LogP contribution in [0.1, 0.15) is 71.2 Å². The van der Waals surface area contributed by atoms with Crippen molar-refractivity contribution in [2.45, 2.75) is 80.5 Å². The highest BCUT2D eigenvalue weighted by atomic mass is 32.2. The number of fused-ring (bicyclic) bond motifs is 3. The van der Waals surface area contributed by atoms with Gasteiger partial charge in [-0.1, -0.05) is 212 Å². The second kappa shape index (κ2) is 26.3. The lowest BCUT2D eigenvalue weighted by Gasteiger charge is -2.36. The number of carboxylic acids is 1. The number of carboxylic acid groups (broad SMARTS) is 1. The lowest BCUT2D eigenvalue weighted by molar-refractivity contribution is -0.142. The van der Waals surface area contributed by atoms with Gasteiger partial charge >= 0.3 is 12.1 Å². The van der Waals surface area contributed by atoms with Crippen LogP contribution in [-0.2, 0) is 47.9 Å². The van der Waals surface area contributed by atoms with Crippen molar-refractivity contribution in [3.05, 3.63) is 269 Å². The molecule has 0 unspecified atom stereocenters. The van der Waals surface area contributed by atoms with Gasteiger partial charge in [0.1, 0.15) is 42.1 Å². The standard InChI is InChI=1S/C68H66N4O8S/c1-67(2,3)80-52-39-37-48(38-40-52)43-60(65(76)77)70-64(75)61(45-81-68(49-27-13-6-14-28-49,50-29-15-7-16-30-50)51-31-17-8-18-32-51)71-62(73)58(41-46-23-9-4-10-24-46)69-63(74)59(42-47-25-11-5-12-26-47)72-66(78)79-44-57-55-35-21-19-33-53(55)54-34-20-22-36-56(54)57/h4-40,57-61H,41-45H2,1-3H3,(H,69,74)(H,70,75)(H,71,73)(H,72,78)(H,76,77)/t58-,59-,60-,61-/m0/s1. The van der Waals surface area contributed by atoms with Gasteiger partial charge in [-0.25, -0.2) is 9.59 Å². The Morgan fingerprint density at radius 1 is 0.457 bits per heavy atom. The molecule has 12 nitrogen and oxygen atoms in total. The van der Waals surface area contributed by atoms with E-state index in [0.717, 1.165) is 44.5 Å². The predicted octanol–water partition coefficient (Wildman–Crippen LogP) is 11.1. The van der Waals surface area contributed by atoms with Crippen molar-refractivity contribution in [3.8, 4) is 16.9 Å². The molecule has 0 heterocycles. The van der Waals surface area contributed by atoms with Crippen LogP contribution >= 0.6 is 11.8 Å². The van der Waals surface area contributed by atoms with E-state index in [1.165, 1.54) is 11.8 Å². The second-order valence-corrected chi connectivity index (χ2v) is 22.3. The summed E-state index contributed by atoms with van der Waals surface area (Å²) < 4.78 is 11.0. The third-order valence-corrected chi connectivity index (χ3v) is 15.8. The minimum absolute atomic E-state index is 0.00243. The van der Waals surface area contributed by atoms with Crippen LogP contribution in [0.4, 0.5) is 4.79 Å². The molecule has 0 saturated carbocycles. The van der Waals surface area contributed by atoms with Gasteiger partial charge in [0.05, 0.1) is 4.75 Å². The first-order valence-electron chi connectivity index (χ1n) is 27.2. The largest absolute Gasteiger partial charge is 0.488 e. The monoisotopic (exact) mass is 1100 g/mol. The molecule has 5 N–H and O–H groups in total. The zero-order valence-electron chi connectivity index (χ0n) is 45.5. The molecule has 0 saturated heterocycles. The van der Waals surface area contributed by atoms with E-state index >= 15 is 9.59 Å². The normalized spacial score (nSPS) is 13.5. The second-order valence-electron chi connectivity index (χ2n) is 21.1. The fourth-order valence-corrected chi connectivity index (χ4v) is 11.9. The Balaban J connectivity index is 1.02. The topological polar surface area (TPSA) is 172 Å². The van der Waals surface area contributed by atoms with Crippen molar-refractivity contribution in [2.24, 2.45) is 0 Å². The Morgan fingerprint density at radius 2 is 0.827 bits per heavy atom. The van der Waals surface area contributed by atoms with Crippen LogP contribution in [0.5, 0.6) is 5.75 Å². The minimum atomic E-state index is -1.40. The Morgan fingerprint density at radius 3 is 1.28 bits per heavy atom. The molecule has 0 aliphatic heterocycles. The summed E-state index contributed by atoms with van der Waals surface area (Å²) in [6.07, 6.45) is -0.829. The molecule has 9 rings (SSSR count). The number of benzene rings is 8. The zero-order chi connectivity index (χ0) is 56.8. The molecule has 0 radical (unpaired) electrons. The molecule has 4 amide bonds. The lowest BCUT2D eigenvalue weighted by atomic mass is 9.84. The number of alkyl carbamates (subject to hydrolysis) is 1. The predicted molar refractivity (Wildman–Crippen MR) is 318 cm³/mol. The van der Waals surface area contributed by atoms with Crippen molar-refractivity contribution >= 4 is 41.5 Å². The highest BCUT2D eigenvalue weighted by Crippen LogP contribution is 2.49. The third kappa shape index (κ3) is 14.5. The maximum absolute atomic E-state index is 15.3. The summed E-state index contributed by atoms with van der Waals surface area (Å²) in [5, 5.41) is 22.2. The number of ether oxygens (including phenoxy) is 2. The molecule has 81 heavy (non-hydrogen) atoms. The number of hydrogen-bond donors (Lipinski definition) is 5. The summed E-state index contributed by atoms with van der Waals surface area (Å²) in [7, 11) is 0. The fourth-order valence-electron chi connectivity index (χ4n) is 10.4. The molecule has 8 aromatic carbocycles. The quantitative estimate of drug-likeness (QED) is 0.0391. The van der Waals surface area contributed by atoms with Gasteiger partial charge in [0, 0.05) is 30.9 Å². The first kappa shape index (κ1) is 56.8. The van der Waals surface area contributed by atoms with Gasteiger partial charge < -0.3 is 35.8 Å². The van der Waals surface area contributed by atoms with Crippen LogP contribution in [0.15, 0.2) is 224 Å². The Hall–Kier alpha value is -8.94. The van der Waals surface area contributed by atoms with Crippen molar-refractivity contribution in [2.75, 3.05) is 12.4 Å². The summed E-state index contributed by atoms with van der Waals surface area (Å²) in [5.74, 6) is -3.08. The van der Waals surface area contributed by atoms with Crippen LogP contribution < -0.4 is 26.0 Å². The number of nitrogens with one attached hydrogen (secondary N) is 4. The fraction of sp³-hybridized carbons (Fsp3) is 0.221. The zero-order valence-corrected chi connectivity index (χ0v) is 46.3. The number of aliphatic carboxylic acids is 1. The molecule has 13 heteroatoms. The average molecular weight is 1100 g/mol. The molecule has 0 spiro atoms. The highest BCUT2D eigenvalue weighted by molar-refractivity contribution is 8.00. The lowest BCUT2D eigenvalue weighted by Crippen LogP contribution is -2.59. The maximum atomic E-state index is 15.3. The first-order valence-corrected chi connectivity index (χ1v) is 28.1. The van der Waals surface area contributed by atoms with E-state index in [2.05, 4.69) is 33.4 Å². The highest BCUT2D eigenvalue weighted by Gasteiger charge is 2.40. The Kier molecular flexibility index (Phi) is 18.5. The number of carbonyl (C=O) groups is 5. The van der Waals surface area contributed by atoms with E-state index in [-0.39, 0.29) is 37.5 Å². The van der Waals surface area contributed by atoms with Gasteiger partial charge in [-0.2, -0.15) is 0 Å². The van der Waals surface area contributed by atoms with Crippen molar-refractivity contribution in [1.82, 2.24) is 21.3 Å². The van der Waals surface area contributed by atoms with E-state index in [9.17, 15) is 19.5 Å². The van der Waals surface area contributed by atoms with E-state index < -0.39 is 64.3 Å². The number of rotatable bonds is 23. The average Bonchev–Trinajstić information content (AvgIpc) is 4.01. The van der Waals surface area contributed by atoms with Gasteiger partial charge in [-0.15, -0.1) is 11.8 Å². The summed E-state index contributed by atoms with van der Waals surface area (Å²) in [5.41, 5.74) is 8.56. The van der Waals surface area contributed by atoms with E-state index in [4.69, 9.17) is 9.47 Å². The molecule has 1 aliphatic carbocycles. The molecule has 412 valence electrons. The van der Waals surface area contributed by atoms with Gasteiger partial charge in [0.2, 0.25) is 17.7 Å². The summed E-state index contributed by atoms with van der Waals surface area (Å²) >= 11 is 1.42. The Bertz CT molecular complexity index is 3260.